The second-order valence-corrected chi connectivity index (χ2v) is 11.5. The molecule has 4 aromatic rings. The number of carboxylic acid groups (broad SMARTS) is 1. The summed E-state index contributed by atoms with van der Waals surface area (Å²) in [6, 6.07) is 18.0. The molecule has 16 nitrogen and oxygen atoms in total. The topological polar surface area (TPSA) is 240 Å². The monoisotopic (exact) mass is 762 g/mol. The van der Waals surface area contributed by atoms with Crippen molar-refractivity contribution >= 4 is 52.3 Å². The molecule has 0 aliphatic carbocycles. The molecule has 16 heteroatoms. The van der Waals surface area contributed by atoms with Crippen LogP contribution in [0.25, 0.3) is 0 Å². The van der Waals surface area contributed by atoms with Crippen LogP contribution >= 0.6 is 0 Å². The zero-order valence-corrected chi connectivity index (χ0v) is 30.3. The molecule has 288 valence electrons. The van der Waals surface area contributed by atoms with Gasteiger partial charge < -0.3 is 51.1 Å². The number of anilines is 4. The number of hydrogen-bond donors (Lipinski definition) is 6. The molecule has 56 heavy (non-hydrogen) atoms. The molecule has 4 amide bonds. The number of carbonyl (C=O) groups is 5. The van der Waals surface area contributed by atoms with E-state index in [1.54, 1.807) is 0 Å². The van der Waals surface area contributed by atoms with Crippen LogP contribution in [0.1, 0.15) is 47.9 Å². The van der Waals surface area contributed by atoms with E-state index in [1.807, 2.05) is 6.07 Å². The fourth-order valence-electron chi connectivity index (χ4n) is 5.14. The molecule has 0 fully saturated rings. The van der Waals surface area contributed by atoms with Crippen molar-refractivity contribution in [2.45, 2.75) is 12.5 Å². The summed E-state index contributed by atoms with van der Waals surface area (Å²) >= 11 is 0. The molecule has 1 atom stereocenters. The van der Waals surface area contributed by atoms with E-state index in [1.165, 1.54) is 99.2 Å². The standard InChI is InChI=1S/C40H38N6O10/c1-5-21-55-32-27(38(49)45-30-18-16-28(40(51)52)33(35(30)54-4)56-22-6-2)15-17-29(34(32)53-3)44-36(47)24-9-13-26(14-10-24)43-39(50)31(19-20-41)46-37(48)23-7-11-25(42)12-8-23/h5-18,31H,1-2,19,21-22,42H2,3-4H3,(H,43,50)(H,44,47)(H,45,49)(H,46,48)(H,51,52). The first-order chi connectivity index (χ1) is 26.9. The van der Waals surface area contributed by atoms with E-state index in [2.05, 4.69) is 34.4 Å². The average molecular weight is 763 g/mol. The summed E-state index contributed by atoms with van der Waals surface area (Å²) in [4.78, 5) is 64.5. The summed E-state index contributed by atoms with van der Waals surface area (Å²) in [5.41, 5.74) is 6.88. The van der Waals surface area contributed by atoms with E-state index >= 15 is 0 Å². The van der Waals surface area contributed by atoms with Gasteiger partial charge in [-0.2, -0.15) is 5.26 Å². The highest BCUT2D eigenvalue weighted by Crippen LogP contribution is 2.42. The van der Waals surface area contributed by atoms with Gasteiger partial charge in [-0.15, -0.1) is 0 Å². The van der Waals surface area contributed by atoms with Gasteiger partial charge in [-0.1, -0.05) is 25.3 Å². The number of methoxy groups -OCH3 is 2. The van der Waals surface area contributed by atoms with Gasteiger partial charge in [-0.3, -0.25) is 19.2 Å². The summed E-state index contributed by atoms with van der Waals surface area (Å²) in [5, 5.41) is 29.5. The molecule has 4 aromatic carbocycles. The third-order valence-corrected chi connectivity index (χ3v) is 7.80. The predicted octanol–water partition coefficient (Wildman–Crippen LogP) is 5.27. The van der Waals surface area contributed by atoms with E-state index in [0.29, 0.717) is 5.69 Å². The summed E-state index contributed by atoms with van der Waals surface area (Å²) < 4.78 is 22.4. The zero-order chi connectivity index (χ0) is 40.8. The average Bonchev–Trinajstić information content (AvgIpc) is 3.19. The highest BCUT2D eigenvalue weighted by Gasteiger charge is 2.26. The third kappa shape index (κ3) is 9.99. The smallest absolute Gasteiger partial charge is 0.339 e. The zero-order valence-electron chi connectivity index (χ0n) is 30.3. The number of carbonyl (C=O) groups excluding carboxylic acids is 4. The minimum Gasteiger partial charge on any atom is -0.491 e. The van der Waals surface area contributed by atoms with Gasteiger partial charge in [0.25, 0.3) is 17.7 Å². The van der Waals surface area contributed by atoms with Gasteiger partial charge in [-0.05, 0) is 72.8 Å². The van der Waals surface area contributed by atoms with Gasteiger partial charge in [0, 0.05) is 22.5 Å². The molecule has 7 N–H and O–H groups in total. The maximum Gasteiger partial charge on any atom is 0.339 e. The number of hydrogen-bond acceptors (Lipinski definition) is 11. The van der Waals surface area contributed by atoms with Crippen molar-refractivity contribution in [3.8, 4) is 29.1 Å². The van der Waals surface area contributed by atoms with Crippen LogP contribution in [0.15, 0.2) is 98.1 Å². The highest BCUT2D eigenvalue weighted by molar-refractivity contribution is 6.10. The Morgan fingerprint density at radius 1 is 0.714 bits per heavy atom. The minimum atomic E-state index is -1.27. The Morgan fingerprint density at radius 3 is 1.73 bits per heavy atom. The quantitative estimate of drug-likeness (QED) is 0.0561. The van der Waals surface area contributed by atoms with Gasteiger partial charge >= 0.3 is 5.97 Å². The maximum atomic E-state index is 13.7. The number of ether oxygens (including phenoxy) is 4. The number of nitrogen functional groups attached to an aromatic ring is 1. The Bertz CT molecular complexity index is 2180. The number of nitrogens with one attached hydrogen (secondary N) is 4. The molecule has 0 radical (unpaired) electrons. The van der Waals surface area contributed by atoms with Crippen LogP contribution in [-0.2, 0) is 4.79 Å². The molecule has 0 heterocycles. The summed E-state index contributed by atoms with van der Waals surface area (Å²) in [5.74, 6) is -3.96. The Labute approximate surface area is 321 Å². The van der Waals surface area contributed by atoms with Crippen molar-refractivity contribution in [1.82, 2.24) is 5.32 Å². The molecule has 0 saturated heterocycles. The lowest BCUT2D eigenvalue weighted by molar-refractivity contribution is -0.117. The maximum absolute atomic E-state index is 13.7. The van der Waals surface area contributed by atoms with Crippen molar-refractivity contribution in [1.29, 1.82) is 5.26 Å². The molecule has 0 aromatic heterocycles. The van der Waals surface area contributed by atoms with Crippen LogP contribution in [0.3, 0.4) is 0 Å². The summed E-state index contributed by atoms with van der Waals surface area (Å²) in [7, 11) is 2.61. The van der Waals surface area contributed by atoms with Crippen molar-refractivity contribution in [3.05, 3.63) is 120 Å². The number of benzene rings is 4. The number of aromatic carboxylic acids is 1. The Kier molecular flexibility index (Phi) is 14.1. The van der Waals surface area contributed by atoms with Crippen LogP contribution in [0.5, 0.6) is 23.0 Å². The van der Waals surface area contributed by atoms with Crippen molar-refractivity contribution < 1.29 is 48.0 Å². The number of amides is 4. The summed E-state index contributed by atoms with van der Waals surface area (Å²) in [6.45, 7) is 7.15. The first kappa shape index (κ1) is 41.0. The Hall–Kier alpha value is -7.80. The minimum absolute atomic E-state index is 0.00415. The number of nitrogens with zero attached hydrogens (tertiary/aromatic N) is 1. The lowest BCUT2D eigenvalue weighted by Crippen LogP contribution is -2.43. The first-order valence-corrected chi connectivity index (χ1v) is 16.7. The van der Waals surface area contributed by atoms with Crippen LogP contribution in [0.4, 0.5) is 22.7 Å². The normalized spacial score (nSPS) is 10.7. The van der Waals surface area contributed by atoms with E-state index in [-0.39, 0.29) is 81.9 Å². The molecule has 0 aliphatic heterocycles. The molecule has 0 saturated carbocycles. The van der Waals surface area contributed by atoms with E-state index < -0.39 is 35.6 Å². The van der Waals surface area contributed by atoms with Gasteiger partial charge in [0.1, 0.15) is 24.8 Å². The second-order valence-electron chi connectivity index (χ2n) is 11.5. The Morgan fingerprint density at radius 2 is 1.21 bits per heavy atom. The van der Waals surface area contributed by atoms with Crippen LogP contribution in [0.2, 0.25) is 0 Å². The fourth-order valence-corrected chi connectivity index (χ4v) is 5.14. The molecule has 4 rings (SSSR count). The highest BCUT2D eigenvalue weighted by atomic mass is 16.5. The second kappa shape index (κ2) is 19.3. The predicted molar refractivity (Wildman–Crippen MR) is 208 cm³/mol. The lowest BCUT2D eigenvalue weighted by atomic mass is 10.1. The van der Waals surface area contributed by atoms with Crippen molar-refractivity contribution in [3.63, 3.8) is 0 Å². The van der Waals surface area contributed by atoms with E-state index in [9.17, 15) is 34.3 Å². The molecule has 0 aliphatic rings. The number of nitriles is 1. The first-order valence-electron chi connectivity index (χ1n) is 16.7. The van der Waals surface area contributed by atoms with E-state index in [0.717, 1.165) is 0 Å². The van der Waals surface area contributed by atoms with Crippen LogP contribution in [-0.4, -0.2) is 68.2 Å². The van der Waals surface area contributed by atoms with Crippen molar-refractivity contribution in [2.75, 3.05) is 49.1 Å². The number of carboxylic acids is 1. The van der Waals surface area contributed by atoms with Crippen LogP contribution in [0, 0.1) is 11.3 Å². The molecule has 0 bridgehead atoms. The third-order valence-electron chi connectivity index (χ3n) is 7.80. The SMILES string of the molecule is C=CCOc1c(C(=O)O)ccc(NC(=O)c2ccc(NC(=O)c3ccc(NC(=O)C(CC#N)NC(=O)c4ccc(N)cc4)cc3)c(OC)c2OCC=C)c1OC. The number of nitrogens with two attached hydrogens (primary N) is 1. The largest absolute Gasteiger partial charge is 0.491 e. The molecular weight excluding hydrogens is 724 g/mol. The van der Waals surface area contributed by atoms with Gasteiger partial charge in [0.15, 0.2) is 23.0 Å². The van der Waals surface area contributed by atoms with Crippen molar-refractivity contribution in [2.24, 2.45) is 0 Å². The molecule has 0 spiro atoms. The van der Waals surface area contributed by atoms with E-state index in [4.69, 9.17) is 24.7 Å². The summed E-state index contributed by atoms with van der Waals surface area (Å²) in [6.07, 6.45) is 2.57. The molecular formula is C40H38N6O10. The van der Waals surface area contributed by atoms with Gasteiger partial charge in [-0.25, -0.2) is 4.79 Å². The van der Waals surface area contributed by atoms with Gasteiger partial charge in [0.2, 0.25) is 5.91 Å². The van der Waals surface area contributed by atoms with Gasteiger partial charge in [0.05, 0.1) is 43.6 Å². The number of rotatable bonds is 18. The fraction of sp³-hybridized carbons (Fsp3) is 0.150. The Balaban J connectivity index is 1.53. The van der Waals surface area contributed by atoms with Crippen LogP contribution < -0.4 is 45.9 Å². The molecule has 1 unspecified atom stereocenters. The lowest BCUT2D eigenvalue weighted by Gasteiger charge is -2.19.